The zero-order chi connectivity index (χ0) is 13.0. The second kappa shape index (κ2) is 6.03. The molecule has 100 valence electrons. The molecule has 1 fully saturated rings. The lowest BCUT2D eigenvalue weighted by Gasteiger charge is -2.12. The van der Waals surface area contributed by atoms with Gasteiger partial charge in [-0.05, 0) is 18.8 Å². The van der Waals surface area contributed by atoms with Crippen molar-refractivity contribution < 1.29 is 8.78 Å². The number of hydrogen-bond donors (Lipinski definition) is 2. The molecule has 0 spiro atoms. The molecule has 0 aliphatic heterocycles. The molecule has 3 N–H and O–H groups in total. The van der Waals surface area contributed by atoms with Crippen LogP contribution in [0.25, 0.3) is 0 Å². The molecule has 2 nitrogen and oxygen atoms in total. The molecule has 4 heteroatoms. The van der Waals surface area contributed by atoms with Gasteiger partial charge in [-0.25, -0.2) is 8.78 Å². The molecule has 0 bridgehead atoms. The average molecular weight is 254 g/mol. The molecule has 1 aliphatic carbocycles. The standard InChI is InChI=1S/C14H20F2N2/c15-11-8-13(17)14(9-12(11)16)18-7-3-6-10-4-1-2-5-10/h8-10,18H,1-7,17H2. The SMILES string of the molecule is Nc1cc(F)c(F)cc1NCCCC1CCCC1. The van der Waals surface area contributed by atoms with E-state index < -0.39 is 11.6 Å². The van der Waals surface area contributed by atoms with Gasteiger partial charge in [0.05, 0.1) is 11.4 Å². The van der Waals surface area contributed by atoms with E-state index in [2.05, 4.69) is 5.32 Å². The Morgan fingerprint density at radius 2 is 1.83 bits per heavy atom. The van der Waals surface area contributed by atoms with Gasteiger partial charge in [-0.3, -0.25) is 0 Å². The summed E-state index contributed by atoms with van der Waals surface area (Å²) in [5.74, 6) is -0.902. The van der Waals surface area contributed by atoms with Crippen molar-refractivity contribution >= 4 is 11.4 Å². The normalized spacial score (nSPS) is 16.1. The summed E-state index contributed by atoms with van der Waals surface area (Å²) in [6.45, 7) is 0.756. The number of anilines is 2. The lowest BCUT2D eigenvalue weighted by atomic mass is 10.0. The van der Waals surface area contributed by atoms with Crippen molar-refractivity contribution in [1.29, 1.82) is 0 Å². The van der Waals surface area contributed by atoms with Crippen molar-refractivity contribution in [1.82, 2.24) is 0 Å². The molecule has 1 saturated carbocycles. The summed E-state index contributed by atoms with van der Waals surface area (Å²) in [4.78, 5) is 0. The second-order valence-corrected chi connectivity index (χ2v) is 5.07. The molecular formula is C14H20F2N2. The van der Waals surface area contributed by atoms with Crippen LogP contribution in [0, 0.1) is 17.6 Å². The van der Waals surface area contributed by atoms with E-state index in [1.807, 2.05) is 0 Å². The lowest BCUT2D eigenvalue weighted by molar-refractivity contribution is 0.491. The highest BCUT2D eigenvalue weighted by Crippen LogP contribution is 2.28. The smallest absolute Gasteiger partial charge is 0.161 e. The summed E-state index contributed by atoms with van der Waals surface area (Å²) in [5.41, 5.74) is 6.37. The van der Waals surface area contributed by atoms with Gasteiger partial charge in [-0.15, -0.1) is 0 Å². The summed E-state index contributed by atoms with van der Waals surface area (Å²) >= 11 is 0. The molecule has 1 aliphatic rings. The first-order chi connectivity index (χ1) is 8.66. The molecule has 0 heterocycles. The highest BCUT2D eigenvalue weighted by Gasteiger charge is 2.14. The Bertz CT molecular complexity index is 401. The Kier molecular flexibility index (Phi) is 4.39. The fourth-order valence-corrected chi connectivity index (χ4v) is 2.63. The van der Waals surface area contributed by atoms with Crippen LogP contribution in [0.3, 0.4) is 0 Å². The average Bonchev–Trinajstić information content (AvgIpc) is 2.84. The van der Waals surface area contributed by atoms with Gasteiger partial charge in [-0.1, -0.05) is 25.7 Å². The van der Waals surface area contributed by atoms with Gasteiger partial charge in [0.25, 0.3) is 0 Å². The first-order valence-electron chi connectivity index (χ1n) is 6.65. The van der Waals surface area contributed by atoms with Crippen LogP contribution in [0.2, 0.25) is 0 Å². The van der Waals surface area contributed by atoms with Crippen molar-refractivity contribution in [3.63, 3.8) is 0 Å². The molecular weight excluding hydrogens is 234 g/mol. The quantitative estimate of drug-likeness (QED) is 0.617. The highest BCUT2D eigenvalue weighted by molar-refractivity contribution is 5.66. The summed E-state index contributed by atoms with van der Waals surface area (Å²) in [5, 5.41) is 3.07. The number of nitrogen functional groups attached to an aromatic ring is 1. The summed E-state index contributed by atoms with van der Waals surface area (Å²) in [6.07, 6.45) is 7.64. The summed E-state index contributed by atoms with van der Waals surface area (Å²) in [6, 6.07) is 2.15. The minimum absolute atomic E-state index is 0.259. The van der Waals surface area contributed by atoms with Gasteiger partial charge >= 0.3 is 0 Å². The van der Waals surface area contributed by atoms with Crippen molar-refractivity contribution in [3.05, 3.63) is 23.8 Å². The molecule has 0 unspecified atom stereocenters. The minimum atomic E-state index is -0.899. The van der Waals surface area contributed by atoms with Crippen LogP contribution in [0.15, 0.2) is 12.1 Å². The Morgan fingerprint density at radius 3 is 2.56 bits per heavy atom. The Balaban J connectivity index is 1.77. The monoisotopic (exact) mass is 254 g/mol. The van der Waals surface area contributed by atoms with Gasteiger partial charge in [0.15, 0.2) is 11.6 Å². The predicted octanol–water partition coefficient (Wildman–Crippen LogP) is 3.93. The molecule has 0 atom stereocenters. The summed E-state index contributed by atoms with van der Waals surface area (Å²) in [7, 11) is 0. The molecule has 0 radical (unpaired) electrons. The number of rotatable bonds is 5. The van der Waals surface area contributed by atoms with Crippen LogP contribution < -0.4 is 11.1 Å². The van der Waals surface area contributed by atoms with E-state index >= 15 is 0 Å². The van der Waals surface area contributed by atoms with Gasteiger partial charge in [-0.2, -0.15) is 0 Å². The third-order valence-corrected chi connectivity index (χ3v) is 3.67. The molecule has 0 aromatic heterocycles. The maximum Gasteiger partial charge on any atom is 0.161 e. The molecule has 1 aromatic rings. The molecule has 2 rings (SSSR count). The van der Waals surface area contributed by atoms with Gasteiger partial charge < -0.3 is 11.1 Å². The number of hydrogen-bond acceptors (Lipinski definition) is 2. The fourth-order valence-electron chi connectivity index (χ4n) is 2.63. The largest absolute Gasteiger partial charge is 0.397 e. The maximum absolute atomic E-state index is 13.0. The van der Waals surface area contributed by atoms with Crippen molar-refractivity contribution in [2.24, 2.45) is 5.92 Å². The number of nitrogens with two attached hydrogens (primary N) is 1. The fraction of sp³-hybridized carbons (Fsp3) is 0.571. The third-order valence-electron chi connectivity index (χ3n) is 3.67. The van der Waals surface area contributed by atoms with Crippen molar-refractivity contribution in [2.75, 3.05) is 17.6 Å². The van der Waals surface area contributed by atoms with Crippen molar-refractivity contribution in [2.45, 2.75) is 38.5 Å². The van der Waals surface area contributed by atoms with Gasteiger partial charge in [0.1, 0.15) is 0 Å². The van der Waals surface area contributed by atoms with Gasteiger partial charge in [0.2, 0.25) is 0 Å². The van der Waals surface area contributed by atoms with Crippen molar-refractivity contribution in [3.8, 4) is 0 Å². The van der Waals surface area contributed by atoms with E-state index in [0.29, 0.717) is 5.69 Å². The molecule has 18 heavy (non-hydrogen) atoms. The van der Waals surface area contributed by atoms with E-state index in [-0.39, 0.29) is 5.69 Å². The van der Waals surface area contributed by atoms with Crippen LogP contribution in [0.1, 0.15) is 38.5 Å². The first kappa shape index (κ1) is 13.1. The Hall–Kier alpha value is -1.32. The van der Waals surface area contributed by atoms with Crippen LogP contribution in [0.4, 0.5) is 20.2 Å². The molecule has 0 saturated heterocycles. The maximum atomic E-state index is 13.0. The van der Waals surface area contributed by atoms with E-state index in [1.165, 1.54) is 32.1 Å². The molecule has 1 aromatic carbocycles. The van der Waals surface area contributed by atoms with Crippen LogP contribution >= 0.6 is 0 Å². The third kappa shape index (κ3) is 3.34. The van der Waals surface area contributed by atoms with E-state index in [0.717, 1.165) is 31.0 Å². The van der Waals surface area contributed by atoms with E-state index in [9.17, 15) is 8.78 Å². The lowest BCUT2D eigenvalue weighted by Crippen LogP contribution is -2.07. The van der Waals surface area contributed by atoms with E-state index in [1.54, 1.807) is 0 Å². The van der Waals surface area contributed by atoms with E-state index in [4.69, 9.17) is 5.73 Å². The first-order valence-corrected chi connectivity index (χ1v) is 6.65. The highest BCUT2D eigenvalue weighted by atomic mass is 19.2. The summed E-state index contributed by atoms with van der Waals surface area (Å²) < 4.78 is 25.9. The second-order valence-electron chi connectivity index (χ2n) is 5.07. The number of nitrogens with one attached hydrogen (secondary N) is 1. The number of benzene rings is 1. The topological polar surface area (TPSA) is 38.0 Å². The molecule has 0 amide bonds. The minimum Gasteiger partial charge on any atom is -0.397 e. The Labute approximate surface area is 107 Å². The van der Waals surface area contributed by atoms with Crippen LogP contribution in [0.5, 0.6) is 0 Å². The van der Waals surface area contributed by atoms with Crippen LogP contribution in [-0.4, -0.2) is 6.54 Å². The Morgan fingerprint density at radius 1 is 1.17 bits per heavy atom. The zero-order valence-electron chi connectivity index (χ0n) is 10.5. The predicted molar refractivity (Wildman–Crippen MR) is 70.5 cm³/mol. The van der Waals surface area contributed by atoms with Gasteiger partial charge in [0, 0.05) is 18.7 Å². The van der Waals surface area contributed by atoms with Crippen LogP contribution in [-0.2, 0) is 0 Å². The number of halogens is 2. The zero-order valence-corrected chi connectivity index (χ0v) is 10.5.